The van der Waals surface area contributed by atoms with Gasteiger partial charge in [-0.3, -0.25) is 9.79 Å². The molecule has 0 saturated heterocycles. The summed E-state index contributed by atoms with van der Waals surface area (Å²) < 4.78 is 25.3. The Bertz CT molecular complexity index is 1310. The zero-order valence-corrected chi connectivity index (χ0v) is 19.5. The molecular formula is C24H20FN3O3S2. The molecule has 0 aliphatic carbocycles. The molecule has 1 amide bonds. The van der Waals surface area contributed by atoms with Gasteiger partial charge in [-0.15, -0.1) is 11.3 Å². The van der Waals surface area contributed by atoms with Crippen LogP contribution in [0.2, 0.25) is 0 Å². The number of thioether (sulfide) groups is 1. The molecule has 1 heterocycles. The molecule has 0 bridgehead atoms. The van der Waals surface area contributed by atoms with Crippen LogP contribution in [-0.2, 0) is 4.79 Å². The molecule has 0 aliphatic rings. The monoisotopic (exact) mass is 481 g/mol. The van der Waals surface area contributed by atoms with Gasteiger partial charge in [-0.05, 0) is 48.0 Å². The van der Waals surface area contributed by atoms with E-state index in [0.717, 1.165) is 25.8 Å². The van der Waals surface area contributed by atoms with E-state index in [1.807, 2.05) is 18.2 Å². The maximum Gasteiger partial charge on any atom is 0.234 e. The smallest absolute Gasteiger partial charge is 0.234 e. The first kappa shape index (κ1) is 22.8. The van der Waals surface area contributed by atoms with Gasteiger partial charge in [-0.1, -0.05) is 23.9 Å². The number of fused-ring (bicyclic) bond motifs is 1. The lowest BCUT2D eigenvalue weighted by molar-refractivity contribution is -0.113. The van der Waals surface area contributed by atoms with Crippen LogP contribution >= 0.6 is 23.1 Å². The van der Waals surface area contributed by atoms with E-state index in [9.17, 15) is 9.18 Å². The Kier molecular flexibility index (Phi) is 7.21. The van der Waals surface area contributed by atoms with Crippen molar-refractivity contribution >= 4 is 56.8 Å². The Morgan fingerprint density at radius 3 is 2.70 bits per heavy atom. The number of hydrogen-bond donors (Lipinski definition) is 1. The van der Waals surface area contributed by atoms with Gasteiger partial charge in [0.15, 0.2) is 4.34 Å². The number of amides is 1. The van der Waals surface area contributed by atoms with Gasteiger partial charge in [0.2, 0.25) is 5.91 Å². The molecule has 1 aromatic heterocycles. The summed E-state index contributed by atoms with van der Waals surface area (Å²) >= 11 is 2.86. The van der Waals surface area contributed by atoms with E-state index in [2.05, 4.69) is 15.3 Å². The van der Waals surface area contributed by atoms with E-state index in [-0.39, 0.29) is 17.5 Å². The number of thiazole rings is 1. The van der Waals surface area contributed by atoms with Gasteiger partial charge in [0.05, 0.1) is 41.6 Å². The lowest BCUT2D eigenvalue weighted by Crippen LogP contribution is -2.14. The predicted molar refractivity (Wildman–Crippen MR) is 132 cm³/mol. The minimum absolute atomic E-state index is 0.171. The van der Waals surface area contributed by atoms with Gasteiger partial charge < -0.3 is 14.8 Å². The number of nitrogens with one attached hydrogen (secondary N) is 1. The Morgan fingerprint density at radius 1 is 1.12 bits per heavy atom. The third-order valence-electron chi connectivity index (χ3n) is 4.59. The van der Waals surface area contributed by atoms with Crippen molar-refractivity contribution in [1.29, 1.82) is 0 Å². The second kappa shape index (κ2) is 10.5. The Labute approximate surface area is 198 Å². The highest BCUT2D eigenvalue weighted by molar-refractivity contribution is 8.01. The van der Waals surface area contributed by atoms with E-state index in [0.29, 0.717) is 17.2 Å². The van der Waals surface area contributed by atoms with E-state index >= 15 is 0 Å². The van der Waals surface area contributed by atoms with E-state index in [1.165, 1.54) is 35.2 Å². The number of carbonyl (C=O) groups is 1. The van der Waals surface area contributed by atoms with Gasteiger partial charge in [0.1, 0.15) is 17.3 Å². The molecule has 0 saturated carbocycles. The first-order valence-electron chi connectivity index (χ1n) is 9.89. The van der Waals surface area contributed by atoms with Crippen LogP contribution in [0.5, 0.6) is 11.5 Å². The number of aliphatic imine (C=N–C) groups is 1. The van der Waals surface area contributed by atoms with Crippen molar-refractivity contribution in [3.63, 3.8) is 0 Å². The molecule has 0 atom stereocenters. The summed E-state index contributed by atoms with van der Waals surface area (Å²) in [7, 11) is 3.11. The fraction of sp³-hybridized carbons (Fsp3) is 0.125. The lowest BCUT2D eigenvalue weighted by atomic mass is 10.2. The molecule has 168 valence electrons. The average Bonchev–Trinajstić information content (AvgIpc) is 3.24. The predicted octanol–water partition coefficient (Wildman–Crippen LogP) is 5.93. The lowest BCUT2D eigenvalue weighted by Gasteiger charge is -2.11. The minimum Gasteiger partial charge on any atom is -0.497 e. The number of rotatable bonds is 8. The summed E-state index contributed by atoms with van der Waals surface area (Å²) in [6.45, 7) is 0. The molecule has 6 nitrogen and oxygen atoms in total. The first-order chi connectivity index (χ1) is 16.0. The molecule has 0 spiro atoms. The van der Waals surface area contributed by atoms with Crippen LogP contribution in [0.25, 0.3) is 10.2 Å². The first-order valence-corrected chi connectivity index (χ1v) is 11.7. The molecule has 4 rings (SSSR count). The molecule has 33 heavy (non-hydrogen) atoms. The van der Waals surface area contributed by atoms with Crippen LogP contribution in [0, 0.1) is 5.82 Å². The van der Waals surface area contributed by atoms with Crippen LogP contribution in [-0.4, -0.2) is 37.1 Å². The number of methoxy groups -OCH3 is 2. The van der Waals surface area contributed by atoms with Crippen molar-refractivity contribution in [2.24, 2.45) is 4.99 Å². The number of aromatic nitrogens is 1. The van der Waals surface area contributed by atoms with Crippen molar-refractivity contribution < 1.29 is 18.7 Å². The van der Waals surface area contributed by atoms with Gasteiger partial charge in [0.25, 0.3) is 0 Å². The van der Waals surface area contributed by atoms with Crippen LogP contribution in [0.1, 0.15) is 5.56 Å². The standard InChI is InChI=1S/C24H20FN3O3S2/c1-30-18-8-10-21(31-2)20(12-18)27-23(29)14-32-24-28-19-9-7-17(11-22(19)33-24)26-13-15-3-5-16(25)6-4-15/h3-13H,14H2,1-2H3,(H,27,29). The fourth-order valence-corrected chi connectivity index (χ4v) is 4.86. The molecule has 0 aliphatic heterocycles. The van der Waals surface area contributed by atoms with E-state index < -0.39 is 0 Å². The normalized spacial score (nSPS) is 11.1. The molecule has 3 aromatic carbocycles. The van der Waals surface area contributed by atoms with Crippen molar-refractivity contribution in [3.8, 4) is 11.5 Å². The van der Waals surface area contributed by atoms with Gasteiger partial charge in [-0.25, -0.2) is 9.37 Å². The number of hydrogen-bond acceptors (Lipinski definition) is 7. The third kappa shape index (κ3) is 5.88. The van der Waals surface area contributed by atoms with Gasteiger partial charge in [-0.2, -0.15) is 0 Å². The second-order valence-corrected chi connectivity index (χ2v) is 9.10. The highest BCUT2D eigenvalue weighted by Crippen LogP contribution is 2.33. The topological polar surface area (TPSA) is 72.8 Å². The summed E-state index contributed by atoms with van der Waals surface area (Å²) in [5.74, 6) is 0.941. The Hall–Kier alpha value is -3.43. The number of carbonyl (C=O) groups excluding carboxylic acids is 1. The number of anilines is 1. The fourth-order valence-electron chi connectivity index (χ4n) is 2.96. The maximum absolute atomic E-state index is 13.0. The van der Waals surface area contributed by atoms with E-state index in [1.54, 1.807) is 50.8 Å². The summed E-state index contributed by atoms with van der Waals surface area (Å²) in [6, 6.07) is 17.1. The SMILES string of the molecule is COc1ccc(OC)c(NC(=O)CSc2nc3ccc(N=Cc4ccc(F)cc4)cc3s2)c1. The van der Waals surface area contributed by atoms with Crippen LogP contribution in [0.4, 0.5) is 15.8 Å². The molecular weight excluding hydrogens is 461 g/mol. The van der Waals surface area contributed by atoms with Gasteiger partial charge >= 0.3 is 0 Å². The molecule has 9 heteroatoms. The highest BCUT2D eigenvalue weighted by atomic mass is 32.2. The summed E-state index contributed by atoms with van der Waals surface area (Å²) in [6.07, 6.45) is 1.69. The van der Waals surface area contributed by atoms with Crippen molar-refractivity contribution in [2.75, 3.05) is 25.3 Å². The number of nitrogens with zero attached hydrogens (tertiary/aromatic N) is 2. The van der Waals surface area contributed by atoms with E-state index in [4.69, 9.17) is 9.47 Å². The third-order valence-corrected chi connectivity index (χ3v) is 6.75. The minimum atomic E-state index is -0.278. The van der Waals surface area contributed by atoms with Crippen LogP contribution < -0.4 is 14.8 Å². The number of benzene rings is 3. The Morgan fingerprint density at radius 2 is 1.94 bits per heavy atom. The zero-order valence-electron chi connectivity index (χ0n) is 17.9. The molecule has 1 N–H and O–H groups in total. The number of ether oxygens (including phenoxy) is 2. The van der Waals surface area contributed by atoms with Crippen LogP contribution in [0.3, 0.4) is 0 Å². The van der Waals surface area contributed by atoms with Crippen LogP contribution in [0.15, 0.2) is 70.0 Å². The molecule has 0 radical (unpaired) electrons. The second-order valence-electron chi connectivity index (χ2n) is 6.84. The molecule has 4 aromatic rings. The summed E-state index contributed by atoms with van der Waals surface area (Å²) in [4.78, 5) is 21.5. The molecule has 0 unspecified atom stereocenters. The Balaban J connectivity index is 1.40. The largest absolute Gasteiger partial charge is 0.497 e. The maximum atomic E-state index is 13.0. The van der Waals surface area contributed by atoms with Gasteiger partial charge in [0, 0.05) is 12.3 Å². The van der Waals surface area contributed by atoms with Crippen molar-refractivity contribution in [3.05, 3.63) is 72.0 Å². The van der Waals surface area contributed by atoms with Crippen molar-refractivity contribution in [1.82, 2.24) is 4.98 Å². The number of halogens is 1. The summed E-state index contributed by atoms with van der Waals surface area (Å²) in [5.41, 5.74) is 2.99. The van der Waals surface area contributed by atoms with Crippen molar-refractivity contribution in [2.45, 2.75) is 4.34 Å². The zero-order chi connectivity index (χ0) is 23.2. The summed E-state index contributed by atoms with van der Waals surface area (Å²) in [5, 5.41) is 2.85. The quantitative estimate of drug-likeness (QED) is 0.249. The highest BCUT2D eigenvalue weighted by Gasteiger charge is 2.12. The molecule has 0 fully saturated rings. The average molecular weight is 482 g/mol.